The van der Waals surface area contributed by atoms with Gasteiger partial charge in [0.15, 0.2) is 0 Å². The highest BCUT2D eigenvalue weighted by atomic mass is 19.1. The second kappa shape index (κ2) is 5.70. The molecule has 1 heterocycles. The minimum Gasteiger partial charge on any atom is -0.390 e. The van der Waals surface area contributed by atoms with E-state index < -0.39 is 0 Å². The van der Waals surface area contributed by atoms with Crippen LogP contribution in [0.2, 0.25) is 0 Å². The highest BCUT2D eigenvalue weighted by Gasteiger charge is 2.12. The minimum absolute atomic E-state index is 0.193. The Kier molecular flexibility index (Phi) is 4.01. The lowest BCUT2D eigenvalue weighted by atomic mass is 10.2. The van der Waals surface area contributed by atoms with E-state index in [-0.39, 0.29) is 12.4 Å². The molecule has 0 radical (unpaired) electrons. The third-order valence-corrected chi connectivity index (χ3v) is 2.57. The molecule has 0 amide bonds. The first-order valence-electron chi connectivity index (χ1n) is 5.50. The van der Waals surface area contributed by atoms with Crippen LogP contribution in [0.1, 0.15) is 17.0 Å². The van der Waals surface area contributed by atoms with Gasteiger partial charge in [-0.1, -0.05) is 17.3 Å². The van der Waals surface area contributed by atoms with Crippen molar-refractivity contribution in [3.8, 4) is 0 Å². The molecule has 5 nitrogen and oxygen atoms in total. The lowest BCUT2D eigenvalue weighted by Gasteiger charge is -2.06. The van der Waals surface area contributed by atoms with Gasteiger partial charge < -0.3 is 9.84 Å². The summed E-state index contributed by atoms with van der Waals surface area (Å²) in [5.74, 6) is -0.289. The number of nitrogens with zero attached hydrogens (tertiary/aromatic N) is 3. The van der Waals surface area contributed by atoms with Crippen LogP contribution >= 0.6 is 0 Å². The van der Waals surface area contributed by atoms with Crippen molar-refractivity contribution < 1.29 is 14.2 Å². The summed E-state index contributed by atoms with van der Waals surface area (Å²) in [6, 6.07) is 6.28. The summed E-state index contributed by atoms with van der Waals surface area (Å²) in [6.07, 6.45) is 0. The minimum atomic E-state index is -0.289. The van der Waals surface area contributed by atoms with Crippen LogP contribution in [-0.4, -0.2) is 27.2 Å². The predicted molar refractivity (Wildman–Crippen MR) is 62.2 cm³/mol. The maximum absolute atomic E-state index is 13.1. The summed E-state index contributed by atoms with van der Waals surface area (Å²) in [5, 5.41) is 16.9. The molecular formula is C12H14FN3O2. The van der Waals surface area contributed by atoms with Crippen molar-refractivity contribution in [2.24, 2.45) is 0 Å². The van der Waals surface area contributed by atoms with Gasteiger partial charge in [-0.25, -0.2) is 9.07 Å². The standard InChI is InChI=1S/C12H14FN3O2/c1-18-8-12-11(7-17)14-15-16(12)6-9-3-2-4-10(13)5-9/h2-5,17H,6-8H2,1H3. The number of rotatable bonds is 5. The molecule has 1 N–H and O–H groups in total. The van der Waals surface area contributed by atoms with Gasteiger partial charge in [-0.05, 0) is 17.7 Å². The first-order valence-corrected chi connectivity index (χ1v) is 5.50. The second-order valence-electron chi connectivity index (χ2n) is 3.86. The lowest BCUT2D eigenvalue weighted by Crippen LogP contribution is -2.08. The van der Waals surface area contributed by atoms with E-state index in [0.717, 1.165) is 5.56 Å². The van der Waals surface area contributed by atoms with Crippen LogP contribution in [0.4, 0.5) is 4.39 Å². The highest BCUT2D eigenvalue weighted by Crippen LogP contribution is 2.11. The highest BCUT2D eigenvalue weighted by molar-refractivity contribution is 5.18. The van der Waals surface area contributed by atoms with E-state index in [1.54, 1.807) is 23.9 Å². The van der Waals surface area contributed by atoms with Crippen molar-refractivity contribution in [2.45, 2.75) is 19.8 Å². The zero-order valence-electron chi connectivity index (χ0n) is 10.0. The molecule has 0 bridgehead atoms. The molecule has 0 unspecified atom stereocenters. The van der Waals surface area contributed by atoms with E-state index in [9.17, 15) is 4.39 Å². The number of ether oxygens (including phenoxy) is 1. The maximum Gasteiger partial charge on any atom is 0.123 e. The van der Waals surface area contributed by atoms with E-state index in [2.05, 4.69) is 10.3 Å². The van der Waals surface area contributed by atoms with Crippen molar-refractivity contribution in [3.05, 3.63) is 47.0 Å². The van der Waals surface area contributed by atoms with Gasteiger partial charge in [0, 0.05) is 7.11 Å². The Hall–Kier alpha value is -1.79. The molecule has 96 valence electrons. The Balaban J connectivity index is 2.25. The summed E-state index contributed by atoms with van der Waals surface area (Å²) in [4.78, 5) is 0. The number of hydrogen-bond acceptors (Lipinski definition) is 4. The number of aromatic nitrogens is 3. The monoisotopic (exact) mass is 251 g/mol. The zero-order chi connectivity index (χ0) is 13.0. The molecule has 0 fully saturated rings. The molecule has 0 saturated heterocycles. The fourth-order valence-electron chi connectivity index (χ4n) is 1.72. The van der Waals surface area contributed by atoms with Crippen LogP contribution in [0, 0.1) is 5.82 Å². The molecule has 1 aromatic carbocycles. The van der Waals surface area contributed by atoms with E-state index in [0.29, 0.717) is 24.5 Å². The fourth-order valence-corrected chi connectivity index (χ4v) is 1.72. The van der Waals surface area contributed by atoms with Gasteiger partial charge in [0.2, 0.25) is 0 Å². The molecule has 1 aromatic heterocycles. The van der Waals surface area contributed by atoms with Gasteiger partial charge in [-0.3, -0.25) is 0 Å². The Bertz CT molecular complexity index is 528. The molecule has 6 heteroatoms. The van der Waals surface area contributed by atoms with Gasteiger partial charge in [0.1, 0.15) is 11.5 Å². The van der Waals surface area contributed by atoms with Crippen molar-refractivity contribution >= 4 is 0 Å². The van der Waals surface area contributed by atoms with Crippen molar-refractivity contribution in [2.75, 3.05) is 7.11 Å². The normalized spacial score (nSPS) is 10.8. The summed E-state index contributed by atoms with van der Waals surface area (Å²) < 4.78 is 19.7. The Morgan fingerprint density at radius 2 is 2.28 bits per heavy atom. The van der Waals surface area contributed by atoms with Gasteiger partial charge in [-0.2, -0.15) is 0 Å². The summed E-state index contributed by atoms with van der Waals surface area (Å²) in [5.41, 5.74) is 1.96. The first kappa shape index (κ1) is 12.7. The summed E-state index contributed by atoms with van der Waals surface area (Å²) in [7, 11) is 1.56. The van der Waals surface area contributed by atoms with Crippen LogP contribution in [0.15, 0.2) is 24.3 Å². The Labute approximate surface area is 104 Å². The van der Waals surface area contributed by atoms with Gasteiger partial charge in [0.25, 0.3) is 0 Å². The van der Waals surface area contributed by atoms with Crippen molar-refractivity contribution in [1.29, 1.82) is 0 Å². The van der Waals surface area contributed by atoms with Gasteiger partial charge >= 0.3 is 0 Å². The number of aliphatic hydroxyl groups excluding tert-OH is 1. The average molecular weight is 251 g/mol. The molecule has 0 aliphatic heterocycles. The molecule has 0 atom stereocenters. The zero-order valence-corrected chi connectivity index (χ0v) is 10.0. The third-order valence-electron chi connectivity index (χ3n) is 2.57. The van der Waals surface area contributed by atoms with E-state index in [1.165, 1.54) is 12.1 Å². The number of halogens is 1. The van der Waals surface area contributed by atoms with Crippen LogP contribution in [0.25, 0.3) is 0 Å². The topological polar surface area (TPSA) is 60.2 Å². The molecule has 0 spiro atoms. The van der Waals surface area contributed by atoms with Crippen LogP contribution in [0.3, 0.4) is 0 Å². The number of aliphatic hydroxyl groups is 1. The molecular weight excluding hydrogens is 237 g/mol. The van der Waals surface area contributed by atoms with Crippen molar-refractivity contribution in [1.82, 2.24) is 15.0 Å². The Morgan fingerprint density at radius 3 is 2.94 bits per heavy atom. The molecule has 0 aliphatic rings. The summed E-state index contributed by atoms with van der Waals surface area (Å²) >= 11 is 0. The second-order valence-corrected chi connectivity index (χ2v) is 3.86. The average Bonchev–Trinajstić information content (AvgIpc) is 2.72. The van der Waals surface area contributed by atoms with E-state index >= 15 is 0 Å². The number of methoxy groups -OCH3 is 1. The smallest absolute Gasteiger partial charge is 0.123 e. The molecule has 2 rings (SSSR count). The number of benzene rings is 1. The van der Waals surface area contributed by atoms with Crippen molar-refractivity contribution in [3.63, 3.8) is 0 Å². The molecule has 0 saturated carbocycles. The van der Waals surface area contributed by atoms with E-state index in [1.807, 2.05) is 0 Å². The van der Waals surface area contributed by atoms with Crippen LogP contribution < -0.4 is 0 Å². The molecule has 18 heavy (non-hydrogen) atoms. The van der Waals surface area contributed by atoms with Crippen LogP contribution in [-0.2, 0) is 24.5 Å². The quantitative estimate of drug-likeness (QED) is 0.864. The Morgan fingerprint density at radius 1 is 1.44 bits per heavy atom. The first-order chi connectivity index (χ1) is 8.74. The largest absolute Gasteiger partial charge is 0.390 e. The maximum atomic E-state index is 13.1. The number of hydrogen-bond donors (Lipinski definition) is 1. The molecule has 0 aliphatic carbocycles. The summed E-state index contributed by atoms with van der Waals surface area (Å²) in [6.45, 7) is 0.503. The molecule has 2 aromatic rings. The van der Waals surface area contributed by atoms with E-state index in [4.69, 9.17) is 9.84 Å². The van der Waals surface area contributed by atoms with Crippen LogP contribution in [0.5, 0.6) is 0 Å². The lowest BCUT2D eigenvalue weighted by molar-refractivity contribution is 0.173. The van der Waals surface area contributed by atoms with Gasteiger partial charge in [0.05, 0.1) is 25.5 Å². The predicted octanol–water partition coefficient (Wildman–Crippen LogP) is 1.10. The fraction of sp³-hybridized carbons (Fsp3) is 0.333. The third kappa shape index (κ3) is 2.72. The van der Waals surface area contributed by atoms with Gasteiger partial charge in [-0.15, -0.1) is 5.10 Å². The SMILES string of the molecule is COCc1c(CO)nnn1Cc1cccc(F)c1.